The lowest BCUT2D eigenvalue weighted by molar-refractivity contribution is 0.586. The van der Waals surface area contributed by atoms with Crippen molar-refractivity contribution in [1.29, 1.82) is 0 Å². The van der Waals surface area contributed by atoms with Gasteiger partial charge in [0.25, 0.3) is 0 Å². The molecule has 0 aliphatic carbocycles. The lowest BCUT2D eigenvalue weighted by Gasteiger charge is -2.39. The van der Waals surface area contributed by atoms with Crippen LogP contribution in [-0.2, 0) is 20.7 Å². The first kappa shape index (κ1) is 29.0. The van der Waals surface area contributed by atoms with E-state index in [0.29, 0.717) is 0 Å². The molecular formula is C38H32N6O2S. The number of benzene rings is 2. The molecule has 0 unspecified atom stereocenters. The van der Waals surface area contributed by atoms with Gasteiger partial charge in [0.1, 0.15) is 0 Å². The maximum Gasteiger partial charge on any atom is 0.206 e. The fraction of sp³-hybridized carbons (Fsp3) is 0.158. The summed E-state index contributed by atoms with van der Waals surface area (Å²) in [6.45, 7) is 8.50. The molecule has 0 saturated carbocycles. The van der Waals surface area contributed by atoms with Gasteiger partial charge in [0, 0.05) is 36.2 Å². The summed E-state index contributed by atoms with van der Waals surface area (Å²) in [7, 11) is -3.80. The number of hydrogen-bond donors (Lipinski definition) is 0. The van der Waals surface area contributed by atoms with E-state index in [1.807, 2.05) is 72.8 Å². The van der Waals surface area contributed by atoms with Gasteiger partial charge in [-0.15, -0.1) is 0 Å². The molecule has 4 aromatic heterocycles. The molecule has 8 rings (SSSR count). The number of hydrogen-bond acceptors (Lipinski definition) is 8. The smallest absolute Gasteiger partial charge is 0.206 e. The Balaban J connectivity index is 1.14. The molecule has 0 saturated heterocycles. The topological polar surface area (TPSA) is 92.2 Å². The van der Waals surface area contributed by atoms with Gasteiger partial charge in [-0.1, -0.05) is 0 Å². The van der Waals surface area contributed by atoms with E-state index in [4.69, 9.17) is 19.9 Å². The first-order chi connectivity index (χ1) is 22.6. The van der Waals surface area contributed by atoms with Crippen molar-refractivity contribution in [2.24, 2.45) is 0 Å². The van der Waals surface area contributed by atoms with E-state index in [0.717, 1.165) is 56.9 Å². The lowest BCUT2D eigenvalue weighted by atomic mass is 9.79. The summed E-state index contributed by atoms with van der Waals surface area (Å²) >= 11 is 0. The van der Waals surface area contributed by atoms with E-state index in [-0.39, 0.29) is 20.6 Å². The third-order valence-electron chi connectivity index (χ3n) is 9.29. The van der Waals surface area contributed by atoms with E-state index in [9.17, 15) is 8.42 Å². The maximum atomic E-state index is 13.9. The lowest BCUT2D eigenvalue weighted by Crippen LogP contribution is -2.32. The molecule has 0 atom stereocenters. The Kier molecular flexibility index (Phi) is 6.36. The minimum Gasteiger partial charge on any atom is -0.307 e. The van der Waals surface area contributed by atoms with Crippen LogP contribution in [0.3, 0.4) is 0 Å². The van der Waals surface area contributed by atoms with E-state index < -0.39 is 9.84 Å². The van der Waals surface area contributed by atoms with Crippen molar-refractivity contribution in [2.75, 3.05) is 9.80 Å². The molecule has 0 spiro atoms. The number of aromatic nitrogens is 4. The molecule has 0 bridgehead atoms. The van der Waals surface area contributed by atoms with Crippen LogP contribution in [-0.4, -0.2) is 28.4 Å². The monoisotopic (exact) mass is 636 g/mol. The number of pyridine rings is 4. The van der Waals surface area contributed by atoms with Crippen LogP contribution >= 0.6 is 0 Å². The van der Waals surface area contributed by atoms with E-state index in [1.54, 1.807) is 49.1 Å². The predicted octanol–water partition coefficient (Wildman–Crippen LogP) is 8.32. The van der Waals surface area contributed by atoms with Crippen LogP contribution in [0, 0.1) is 0 Å². The van der Waals surface area contributed by atoms with Gasteiger partial charge in [-0.05, 0) is 125 Å². The molecule has 2 aliphatic heterocycles. The van der Waals surface area contributed by atoms with Gasteiger partial charge in [-0.3, -0.25) is 19.9 Å². The molecule has 2 aliphatic rings. The minimum absolute atomic E-state index is 0.216. The average molecular weight is 637 g/mol. The van der Waals surface area contributed by atoms with Gasteiger partial charge in [-0.2, -0.15) is 0 Å². The largest absolute Gasteiger partial charge is 0.307 e. The van der Waals surface area contributed by atoms with Crippen molar-refractivity contribution in [1.82, 2.24) is 19.9 Å². The number of sulfone groups is 1. The fourth-order valence-electron chi connectivity index (χ4n) is 6.96. The number of anilines is 6. The van der Waals surface area contributed by atoms with Crippen LogP contribution < -0.4 is 9.80 Å². The van der Waals surface area contributed by atoms with Crippen molar-refractivity contribution in [2.45, 2.75) is 48.3 Å². The molecule has 47 heavy (non-hydrogen) atoms. The van der Waals surface area contributed by atoms with Crippen molar-refractivity contribution in [3.8, 4) is 0 Å². The Bertz CT molecular complexity index is 2030. The van der Waals surface area contributed by atoms with Crippen LogP contribution in [0.15, 0.2) is 132 Å². The van der Waals surface area contributed by atoms with E-state index in [1.165, 1.54) is 0 Å². The molecule has 0 N–H and O–H groups in total. The zero-order chi connectivity index (χ0) is 32.6. The zero-order valence-corrected chi connectivity index (χ0v) is 27.3. The van der Waals surface area contributed by atoms with Crippen LogP contribution in [0.5, 0.6) is 0 Å². The molecule has 0 radical (unpaired) electrons. The predicted molar refractivity (Wildman–Crippen MR) is 183 cm³/mol. The molecule has 0 fully saturated rings. The second kappa shape index (κ2) is 10.3. The number of nitrogens with zero attached hydrogens (tertiary/aromatic N) is 6. The van der Waals surface area contributed by atoms with Crippen LogP contribution in [0.4, 0.5) is 34.1 Å². The van der Waals surface area contributed by atoms with Crippen molar-refractivity contribution in [3.63, 3.8) is 0 Å². The summed E-state index contributed by atoms with van der Waals surface area (Å²) in [5.41, 5.74) is 8.30. The van der Waals surface area contributed by atoms with Crippen LogP contribution in [0.25, 0.3) is 0 Å². The standard InChI is InChI=1S/C38H32N6O2S/c1-37(2)33-29(9-5-21-39-33)43(30-10-6-22-40-34(30)37)25-13-17-27(18-14-25)47(45,46)28-19-15-26(16-20-28)44-31-11-7-23-41-35(31)38(3,4)36-32(44)12-8-24-42-36/h5-24H,1-4H3. The molecule has 2 aromatic carbocycles. The second-order valence-electron chi connectivity index (χ2n) is 12.9. The highest BCUT2D eigenvalue weighted by atomic mass is 32.2. The van der Waals surface area contributed by atoms with Crippen molar-refractivity contribution < 1.29 is 8.42 Å². The Labute approximate surface area is 274 Å². The average Bonchev–Trinajstić information content (AvgIpc) is 3.09. The highest BCUT2D eigenvalue weighted by Gasteiger charge is 2.40. The molecule has 6 heterocycles. The first-order valence-corrected chi connectivity index (χ1v) is 17.0. The Morgan fingerprint density at radius 1 is 0.447 bits per heavy atom. The second-order valence-corrected chi connectivity index (χ2v) is 14.8. The van der Waals surface area contributed by atoms with E-state index >= 15 is 0 Å². The zero-order valence-electron chi connectivity index (χ0n) is 26.5. The summed E-state index contributed by atoms with van der Waals surface area (Å²) in [5.74, 6) is 0. The highest BCUT2D eigenvalue weighted by Crippen LogP contribution is 2.51. The number of fused-ring (bicyclic) bond motifs is 4. The summed E-state index contributed by atoms with van der Waals surface area (Å²) in [5, 5.41) is 0. The van der Waals surface area contributed by atoms with Crippen molar-refractivity contribution >= 4 is 44.0 Å². The van der Waals surface area contributed by atoms with Gasteiger partial charge in [0.05, 0.1) is 66.1 Å². The van der Waals surface area contributed by atoms with Gasteiger partial charge in [0.15, 0.2) is 0 Å². The SMILES string of the molecule is CC1(C)c2ncccc2N(c2ccc(S(=O)(=O)c3ccc(N4c5cccnc5C(C)(C)c5ncccc54)cc3)cc2)c2cccnc21. The molecule has 6 aromatic rings. The summed E-state index contributed by atoms with van der Waals surface area (Å²) in [6.07, 6.45) is 7.19. The summed E-state index contributed by atoms with van der Waals surface area (Å²) in [6, 6.07) is 29.9. The highest BCUT2D eigenvalue weighted by molar-refractivity contribution is 7.91. The normalized spacial score (nSPS) is 15.7. The molecule has 8 nitrogen and oxygen atoms in total. The molecule has 9 heteroatoms. The van der Waals surface area contributed by atoms with Crippen LogP contribution in [0.2, 0.25) is 0 Å². The molecule has 232 valence electrons. The van der Waals surface area contributed by atoms with Gasteiger partial charge >= 0.3 is 0 Å². The fourth-order valence-corrected chi connectivity index (χ4v) is 8.22. The minimum atomic E-state index is -3.80. The third-order valence-corrected chi connectivity index (χ3v) is 11.1. The third kappa shape index (κ3) is 4.30. The van der Waals surface area contributed by atoms with Gasteiger partial charge in [-0.25, -0.2) is 8.42 Å². The number of rotatable bonds is 4. The first-order valence-electron chi connectivity index (χ1n) is 15.5. The Morgan fingerprint density at radius 2 is 0.723 bits per heavy atom. The van der Waals surface area contributed by atoms with Crippen LogP contribution in [0.1, 0.15) is 50.5 Å². The summed E-state index contributed by atoms with van der Waals surface area (Å²) in [4.78, 5) is 23.5. The van der Waals surface area contributed by atoms with E-state index in [2.05, 4.69) is 37.5 Å². The Morgan fingerprint density at radius 3 is 1.00 bits per heavy atom. The molecular weight excluding hydrogens is 605 g/mol. The van der Waals surface area contributed by atoms with Gasteiger partial charge in [0.2, 0.25) is 9.84 Å². The van der Waals surface area contributed by atoms with Crippen molar-refractivity contribution in [3.05, 3.63) is 145 Å². The summed E-state index contributed by atoms with van der Waals surface area (Å²) < 4.78 is 27.8. The Hall–Kier alpha value is -5.41. The quantitative estimate of drug-likeness (QED) is 0.191. The molecule has 0 amide bonds. The van der Waals surface area contributed by atoms with Gasteiger partial charge < -0.3 is 9.80 Å². The maximum absolute atomic E-state index is 13.9.